The van der Waals surface area contributed by atoms with Gasteiger partial charge < -0.3 is 71.7 Å². The number of aromatic amines is 2. The summed E-state index contributed by atoms with van der Waals surface area (Å²) in [6.07, 6.45) is -10.3. The molecule has 0 saturated carbocycles. The standard InChI is InChI=1S/C46H60N6O12/c1-7-25-21(3)29-13-30-23(5)27(9-11-41(59)47-17-37(55)43(61)45(63)39(57)19-53)35(51-30)16-36-28(10-12-42(60)48-18-38(56)44(62)46(64)40(58)20-54)24(6)32(52-36)15-34-26(8-2)22(4)31(50-34)14-33(25)49-29/h7-8,13-16,37-40,43-46,49-50,53-58,61-64H,1-2,9-12,17-20H2,3-6H3,(H,47,59)(H,48,60)/t37-,38-,39+,40+,43+,44+,45+,46+/m0/s1. The second-order valence-corrected chi connectivity index (χ2v) is 16.1. The number of aryl methyl sites for hydroxylation is 2. The molecule has 3 aromatic rings. The molecule has 14 N–H and O–H groups in total. The maximum atomic E-state index is 13.2. The van der Waals surface area contributed by atoms with E-state index in [-0.39, 0.29) is 25.7 Å². The van der Waals surface area contributed by atoms with Crippen molar-refractivity contribution in [1.82, 2.24) is 30.6 Å². The highest BCUT2D eigenvalue weighted by atomic mass is 16.4. The SMILES string of the molecule is C=Cc1c(C)c2cc3[nH]c(cc4nc(cc5nc(cc1[nH]2)C(C)=C5CCC(=O)NC[C@H](O)[C@@H](O)[C@H](O)[C@H](O)CO)C(CCC(=O)NC[C@H](O)[C@@H](O)[C@H](O)[C@H](O)CO)=C4C)c(C)c3C=C. The number of aromatic nitrogens is 4. The number of hydrogen-bond donors (Lipinski definition) is 14. The quantitative estimate of drug-likeness (QED) is 0.0745. The van der Waals surface area contributed by atoms with Gasteiger partial charge in [0.1, 0.15) is 36.6 Å². The van der Waals surface area contributed by atoms with Crippen LogP contribution in [0.1, 0.15) is 84.6 Å². The Labute approximate surface area is 369 Å². The van der Waals surface area contributed by atoms with Gasteiger partial charge in [-0.2, -0.15) is 0 Å². The summed E-state index contributed by atoms with van der Waals surface area (Å²) >= 11 is 0. The monoisotopic (exact) mass is 888 g/mol. The number of hydrogen-bond acceptors (Lipinski definition) is 14. The Morgan fingerprint density at radius 3 is 1.31 bits per heavy atom. The van der Waals surface area contributed by atoms with Crippen molar-refractivity contribution in [2.24, 2.45) is 0 Å². The van der Waals surface area contributed by atoms with Gasteiger partial charge in [0.25, 0.3) is 0 Å². The van der Waals surface area contributed by atoms with Crippen LogP contribution in [0, 0.1) is 13.8 Å². The van der Waals surface area contributed by atoms with Gasteiger partial charge >= 0.3 is 0 Å². The van der Waals surface area contributed by atoms with E-state index in [2.05, 4.69) is 33.8 Å². The number of amides is 2. The number of fused-ring (bicyclic) bond motifs is 8. The smallest absolute Gasteiger partial charge is 0.220 e. The molecule has 18 nitrogen and oxygen atoms in total. The molecule has 18 heteroatoms. The van der Waals surface area contributed by atoms with Crippen molar-refractivity contribution in [2.45, 2.75) is 102 Å². The maximum Gasteiger partial charge on any atom is 0.220 e. The van der Waals surface area contributed by atoms with Crippen LogP contribution in [0.25, 0.3) is 56.5 Å². The molecular weight excluding hydrogens is 829 g/mol. The largest absolute Gasteiger partial charge is 0.394 e. The van der Waals surface area contributed by atoms with Gasteiger partial charge in [0.2, 0.25) is 11.8 Å². The number of nitrogens with zero attached hydrogens (tertiary/aromatic N) is 2. The van der Waals surface area contributed by atoms with Crippen LogP contribution in [0.4, 0.5) is 0 Å². The normalized spacial score (nSPS) is 16.7. The molecule has 0 radical (unpaired) electrons. The maximum absolute atomic E-state index is 13.2. The number of H-pyrrole nitrogens is 2. The summed E-state index contributed by atoms with van der Waals surface area (Å²) in [6, 6.07) is 7.60. The number of rotatable bonds is 20. The van der Waals surface area contributed by atoms with E-state index >= 15 is 0 Å². The number of aliphatic hydroxyl groups is 10. The summed E-state index contributed by atoms with van der Waals surface area (Å²) in [5.41, 5.74) is 11.9. The number of allylic oxidation sites excluding steroid dienone is 4. The molecule has 0 unspecified atom stereocenters. The number of nitrogens with one attached hydrogen (secondary N) is 4. The molecule has 0 aromatic carbocycles. The highest BCUT2D eigenvalue weighted by Gasteiger charge is 2.32. The lowest BCUT2D eigenvalue weighted by molar-refractivity contribution is -0.126. The lowest BCUT2D eigenvalue weighted by Crippen LogP contribution is -2.49. The summed E-state index contributed by atoms with van der Waals surface area (Å²) in [7, 11) is 0. The molecule has 346 valence electrons. The van der Waals surface area contributed by atoms with Crippen molar-refractivity contribution in [3.63, 3.8) is 0 Å². The van der Waals surface area contributed by atoms with Gasteiger partial charge in [-0.15, -0.1) is 0 Å². The molecule has 0 spiro atoms. The molecule has 8 bridgehead atoms. The third-order valence-electron chi connectivity index (χ3n) is 11.9. The van der Waals surface area contributed by atoms with E-state index in [1.54, 1.807) is 18.2 Å². The van der Waals surface area contributed by atoms with Crippen LogP contribution >= 0.6 is 0 Å². The van der Waals surface area contributed by atoms with Gasteiger partial charge in [0.05, 0.1) is 48.2 Å². The van der Waals surface area contributed by atoms with Crippen LogP contribution in [0.3, 0.4) is 0 Å². The zero-order valence-corrected chi connectivity index (χ0v) is 36.3. The zero-order chi connectivity index (χ0) is 47.2. The van der Waals surface area contributed by atoms with Crippen LogP contribution in [-0.2, 0) is 9.59 Å². The van der Waals surface area contributed by atoms with Crippen molar-refractivity contribution < 1.29 is 60.7 Å². The minimum absolute atomic E-state index is 0.0760. The second-order valence-electron chi connectivity index (χ2n) is 16.1. The summed E-state index contributed by atoms with van der Waals surface area (Å²) in [6.45, 7) is 13.3. The van der Waals surface area contributed by atoms with Crippen LogP contribution in [0.5, 0.6) is 0 Å². The molecule has 0 aliphatic carbocycles. The first-order valence-electron chi connectivity index (χ1n) is 21.0. The molecule has 3 aromatic heterocycles. The Kier molecular flexibility index (Phi) is 16.7. The van der Waals surface area contributed by atoms with Crippen LogP contribution in [0.15, 0.2) is 37.4 Å². The predicted molar refractivity (Wildman–Crippen MR) is 242 cm³/mol. The lowest BCUT2D eigenvalue weighted by atomic mass is 9.98. The fraction of sp³-hybridized carbons (Fsp3) is 0.435. The number of aliphatic hydroxyl groups excluding tert-OH is 10. The van der Waals surface area contributed by atoms with E-state index in [1.807, 2.05) is 45.9 Å². The molecule has 64 heavy (non-hydrogen) atoms. The van der Waals surface area contributed by atoms with E-state index in [0.29, 0.717) is 33.9 Å². The minimum Gasteiger partial charge on any atom is -0.394 e. The van der Waals surface area contributed by atoms with Crippen molar-refractivity contribution in [2.75, 3.05) is 26.3 Å². The van der Waals surface area contributed by atoms with E-state index in [4.69, 9.17) is 20.2 Å². The molecule has 8 atom stereocenters. The average Bonchev–Trinajstić information content (AvgIpc) is 3.95. The molecule has 2 aliphatic rings. The molecular formula is C46H60N6O12. The fourth-order valence-electron chi connectivity index (χ4n) is 7.76. The highest BCUT2D eigenvalue weighted by Crippen LogP contribution is 2.38. The van der Waals surface area contributed by atoms with Crippen molar-refractivity contribution in [3.8, 4) is 0 Å². The van der Waals surface area contributed by atoms with Gasteiger partial charge in [-0.3, -0.25) is 9.59 Å². The molecule has 2 aliphatic heterocycles. The van der Waals surface area contributed by atoms with Crippen LogP contribution < -0.4 is 10.6 Å². The van der Waals surface area contributed by atoms with Gasteiger partial charge in [-0.05, 0) is 98.2 Å². The van der Waals surface area contributed by atoms with E-state index in [9.17, 15) is 50.4 Å². The highest BCUT2D eigenvalue weighted by molar-refractivity contribution is 5.97. The van der Waals surface area contributed by atoms with E-state index in [1.165, 1.54) is 0 Å². The third kappa shape index (κ3) is 10.9. The molecule has 5 heterocycles. The first-order chi connectivity index (χ1) is 30.3. The van der Waals surface area contributed by atoms with E-state index in [0.717, 1.165) is 55.5 Å². The lowest BCUT2D eigenvalue weighted by Gasteiger charge is -2.25. The molecule has 0 saturated heterocycles. The Balaban J connectivity index is 1.56. The summed E-state index contributed by atoms with van der Waals surface area (Å²) < 4.78 is 0. The number of carbonyl (C=O) groups is 2. The fourth-order valence-corrected chi connectivity index (χ4v) is 7.76. The van der Waals surface area contributed by atoms with Crippen LogP contribution in [-0.4, -0.2) is 158 Å². The average molecular weight is 889 g/mol. The molecule has 0 fully saturated rings. The van der Waals surface area contributed by atoms with Gasteiger partial charge in [-0.25, -0.2) is 9.97 Å². The first kappa shape index (κ1) is 49.6. The Bertz CT molecular complexity index is 2470. The van der Waals surface area contributed by atoms with Crippen molar-refractivity contribution >= 4 is 68.3 Å². The molecule has 5 rings (SSSR count). The second kappa shape index (κ2) is 21.5. The Hall–Kier alpha value is -5.38. The minimum atomic E-state index is -1.85. The zero-order valence-electron chi connectivity index (χ0n) is 36.3. The van der Waals surface area contributed by atoms with Gasteiger partial charge in [0.15, 0.2) is 0 Å². The topological polar surface area (TPSA) is 318 Å². The number of carbonyl (C=O) groups excluding carboxylic acids is 2. The first-order valence-corrected chi connectivity index (χ1v) is 21.0. The summed E-state index contributed by atoms with van der Waals surface area (Å²) in [4.78, 5) is 43.4. The van der Waals surface area contributed by atoms with Crippen molar-refractivity contribution in [3.05, 3.63) is 82.5 Å². The van der Waals surface area contributed by atoms with Gasteiger partial charge in [0, 0.05) is 59.1 Å². The predicted octanol–water partition coefficient (Wildman–Crippen LogP) is 0.744. The summed E-state index contributed by atoms with van der Waals surface area (Å²) in [5, 5.41) is 104. The van der Waals surface area contributed by atoms with E-state index < -0.39 is 86.9 Å². The van der Waals surface area contributed by atoms with Gasteiger partial charge in [-0.1, -0.05) is 25.3 Å². The Morgan fingerprint density at radius 1 is 0.562 bits per heavy atom. The summed E-state index contributed by atoms with van der Waals surface area (Å²) in [5.74, 6) is -0.981. The van der Waals surface area contributed by atoms with Crippen molar-refractivity contribution in [1.29, 1.82) is 0 Å². The van der Waals surface area contributed by atoms with Crippen LogP contribution in [0.2, 0.25) is 0 Å². The molecule has 2 amide bonds. The third-order valence-corrected chi connectivity index (χ3v) is 11.9. The Morgan fingerprint density at radius 2 is 0.922 bits per heavy atom.